The van der Waals surface area contributed by atoms with E-state index in [-0.39, 0.29) is 11.3 Å². The van der Waals surface area contributed by atoms with E-state index >= 15 is 0 Å². The molecule has 1 aliphatic rings. The Bertz CT molecular complexity index is 1170. The Morgan fingerprint density at radius 1 is 0.968 bits per heavy atom. The van der Waals surface area contributed by atoms with Crippen molar-refractivity contribution >= 4 is 28.2 Å². The average molecular weight is 414 g/mol. The van der Waals surface area contributed by atoms with Gasteiger partial charge in [0.05, 0.1) is 11.6 Å². The minimum Gasteiger partial charge on any atom is -0.507 e. The number of Topliss-reactive ketones (excluding diaryl/α,β-unsaturated/α-hetero) is 1. The number of hydrogen-bond acceptors (Lipinski definition) is 3. The van der Waals surface area contributed by atoms with Crippen molar-refractivity contribution in [1.29, 1.82) is 0 Å². The molecule has 31 heavy (non-hydrogen) atoms. The highest BCUT2D eigenvalue weighted by Crippen LogP contribution is 2.40. The molecule has 0 bridgehead atoms. The lowest BCUT2D eigenvalue weighted by Gasteiger charge is -2.25. The number of hydrogen-bond donors (Lipinski definition) is 1. The maximum atomic E-state index is 13.1. The summed E-state index contributed by atoms with van der Waals surface area (Å²) < 4.78 is 0. The third kappa shape index (κ3) is 3.63. The van der Waals surface area contributed by atoms with E-state index in [4.69, 9.17) is 0 Å². The van der Waals surface area contributed by atoms with Crippen LogP contribution in [0.5, 0.6) is 0 Å². The van der Waals surface area contributed by atoms with Gasteiger partial charge in [-0.1, -0.05) is 87.5 Å². The Kier molecular flexibility index (Phi) is 5.64. The zero-order valence-corrected chi connectivity index (χ0v) is 18.1. The van der Waals surface area contributed by atoms with Gasteiger partial charge in [-0.15, -0.1) is 0 Å². The molecule has 1 fully saturated rings. The van der Waals surface area contributed by atoms with E-state index in [0.29, 0.717) is 18.0 Å². The molecule has 0 aliphatic carbocycles. The molecule has 3 aromatic rings. The normalized spacial score (nSPS) is 18.3. The molecule has 4 rings (SSSR count). The van der Waals surface area contributed by atoms with Crippen LogP contribution in [0.3, 0.4) is 0 Å². The van der Waals surface area contributed by atoms with Crippen LogP contribution in [-0.4, -0.2) is 28.2 Å². The molecule has 4 nitrogen and oxygen atoms in total. The topological polar surface area (TPSA) is 57.6 Å². The van der Waals surface area contributed by atoms with Crippen molar-refractivity contribution in [3.63, 3.8) is 0 Å². The number of aliphatic hydroxyl groups is 1. The molecule has 0 aromatic heterocycles. The fraction of sp³-hybridized carbons (Fsp3) is 0.259. The molecule has 1 heterocycles. The van der Waals surface area contributed by atoms with Gasteiger partial charge in [0.25, 0.3) is 11.7 Å². The van der Waals surface area contributed by atoms with Crippen molar-refractivity contribution in [1.82, 2.24) is 4.90 Å². The van der Waals surface area contributed by atoms with Crippen LogP contribution in [0.4, 0.5) is 0 Å². The molecule has 1 amide bonds. The van der Waals surface area contributed by atoms with Gasteiger partial charge in [0.1, 0.15) is 5.76 Å². The number of amides is 1. The number of benzene rings is 3. The Balaban J connectivity index is 1.92. The van der Waals surface area contributed by atoms with Crippen LogP contribution >= 0.6 is 0 Å². The first kappa shape index (κ1) is 20.9. The van der Waals surface area contributed by atoms with Gasteiger partial charge in [-0.25, -0.2) is 0 Å². The molecule has 1 atom stereocenters. The zero-order chi connectivity index (χ0) is 22.1. The predicted octanol–water partition coefficient (Wildman–Crippen LogP) is 5.79. The van der Waals surface area contributed by atoms with Gasteiger partial charge in [-0.2, -0.15) is 0 Å². The van der Waals surface area contributed by atoms with Crippen molar-refractivity contribution in [2.45, 2.75) is 39.2 Å². The molecule has 3 aromatic carbocycles. The van der Waals surface area contributed by atoms with Crippen LogP contribution in [0.15, 0.2) is 72.3 Å². The molecule has 0 spiro atoms. The van der Waals surface area contributed by atoms with Gasteiger partial charge >= 0.3 is 0 Å². The fourth-order valence-electron chi connectivity index (χ4n) is 4.34. The zero-order valence-electron chi connectivity index (χ0n) is 18.1. The fourth-order valence-corrected chi connectivity index (χ4v) is 4.34. The van der Waals surface area contributed by atoms with Gasteiger partial charge in [-0.3, -0.25) is 9.59 Å². The first-order chi connectivity index (χ1) is 14.9. The quantitative estimate of drug-likeness (QED) is 0.327. The molecule has 1 saturated heterocycles. The maximum Gasteiger partial charge on any atom is 0.295 e. The average Bonchev–Trinajstić information content (AvgIpc) is 3.03. The van der Waals surface area contributed by atoms with Crippen molar-refractivity contribution in [3.05, 3.63) is 89.0 Å². The van der Waals surface area contributed by atoms with Crippen LogP contribution in [0.1, 0.15) is 55.8 Å². The first-order valence-corrected chi connectivity index (χ1v) is 10.8. The summed E-state index contributed by atoms with van der Waals surface area (Å²) >= 11 is 0. The molecule has 158 valence electrons. The lowest BCUT2D eigenvalue weighted by molar-refractivity contribution is -0.139. The standard InChI is InChI=1S/C27H27NO3/c1-4-16-28-24(20-14-12-18(13-15-20)17(2)3)23(26(30)27(28)31)25(29)22-11-7-9-19-8-5-6-10-21(19)22/h5-15,17,24,29H,4,16H2,1-3H3/b25-23-. The van der Waals surface area contributed by atoms with E-state index < -0.39 is 17.7 Å². The van der Waals surface area contributed by atoms with Crippen molar-refractivity contribution in [2.75, 3.05) is 6.54 Å². The van der Waals surface area contributed by atoms with E-state index in [1.54, 1.807) is 11.0 Å². The van der Waals surface area contributed by atoms with Crippen LogP contribution in [-0.2, 0) is 9.59 Å². The predicted molar refractivity (Wildman–Crippen MR) is 124 cm³/mol. The summed E-state index contributed by atoms with van der Waals surface area (Å²) in [6.45, 7) is 6.67. The molecule has 1 aliphatic heterocycles. The number of fused-ring (bicyclic) bond motifs is 1. The molecule has 4 heteroatoms. The summed E-state index contributed by atoms with van der Waals surface area (Å²) in [7, 11) is 0. The van der Waals surface area contributed by atoms with E-state index in [2.05, 4.69) is 13.8 Å². The van der Waals surface area contributed by atoms with Crippen molar-refractivity contribution in [2.24, 2.45) is 0 Å². The Labute approximate surface area is 182 Å². The first-order valence-electron chi connectivity index (χ1n) is 10.8. The van der Waals surface area contributed by atoms with Crippen LogP contribution in [0.2, 0.25) is 0 Å². The molecular weight excluding hydrogens is 386 g/mol. The van der Waals surface area contributed by atoms with Crippen molar-refractivity contribution in [3.8, 4) is 0 Å². The minimum absolute atomic E-state index is 0.119. The third-order valence-corrected chi connectivity index (χ3v) is 5.97. The van der Waals surface area contributed by atoms with Gasteiger partial charge in [-0.05, 0) is 34.2 Å². The van der Waals surface area contributed by atoms with Crippen LogP contribution in [0, 0.1) is 0 Å². The Morgan fingerprint density at radius 3 is 2.32 bits per heavy atom. The van der Waals surface area contributed by atoms with Gasteiger partial charge in [0.2, 0.25) is 0 Å². The lowest BCUT2D eigenvalue weighted by atomic mass is 9.92. The maximum absolute atomic E-state index is 13.1. The monoisotopic (exact) mass is 413 g/mol. The lowest BCUT2D eigenvalue weighted by Crippen LogP contribution is -2.30. The number of carbonyl (C=O) groups is 2. The second-order valence-corrected chi connectivity index (χ2v) is 8.34. The van der Waals surface area contributed by atoms with E-state index in [1.165, 1.54) is 5.56 Å². The minimum atomic E-state index is -0.628. The molecule has 0 radical (unpaired) electrons. The molecule has 0 saturated carbocycles. The van der Waals surface area contributed by atoms with E-state index in [1.807, 2.05) is 67.6 Å². The highest BCUT2D eigenvalue weighted by Gasteiger charge is 2.45. The van der Waals surface area contributed by atoms with Crippen LogP contribution in [0.25, 0.3) is 16.5 Å². The number of ketones is 1. The summed E-state index contributed by atoms with van der Waals surface area (Å²) in [6, 6.07) is 20.7. The largest absolute Gasteiger partial charge is 0.507 e. The Morgan fingerprint density at radius 2 is 1.65 bits per heavy atom. The summed E-state index contributed by atoms with van der Waals surface area (Å²) in [5.41, 5.74) is 2.74. The summed E-state index contributed by atoms with van der Waals surface area (Å²) in [6.07, 6.45) is 0.724. The number of carbonyl (C=O) groups excluding carboxylic acids is 2. The van der Waals surface area contributed by atoms with Gasteiger partial charge in [0, 0.05) is 12.1 Å². The van der Waals surface area contributed by atoms with Crippen LogP contribution < -0.4 is 0 Å². The smallest absolute Gasteiger partial charge is 0.295 e. The SMILES string of the molecule is CCCN1C(=O)C(=O)/C(=C(\O)c2cccc3ccccc23)C1c1ccc(C(C)C)cc1. The second-order valence-electron chi connectivity index (χ2n) is 8.34. The summed E-state index contributed by atoms with van der Waals surface area (Å²) in [4.78, 5) is 27.6. The van der Waals surface area contributed by atoms with Gasteiger partial charge < -0.3 is 10.0 Å². The Hall–Kier alpha value is -3.40. The van der Waals surface area contributed by atoms with Gasteiger partial charge in [0.15, 0.2) is 0 Å². The van der Waals surface area contributed by atoms with E-state index in [9.17, 15) is 14.7 Å². The molecular formula is C27H27NO3. The number of rotatable bonds is 5. The van der Waals surface area contributed by atoms with E-state index in [0.717, 1.165) is 22.8 Å². The van der Waals surface area contributed by atoms with Crippen molar-refractivity contribution < 1.29 is 14.7 Å². The second kappa shape index (κ2) is 8.38. The molecule has 1 N–H and O–H groups in total. The highest BCUT2D eigenvalue weighted by atomic mass is 16.3. The number of likely N-dealkylation sites (tertiary alicyclic amines) is 1. The number of nitrogens with zero attached hydrogens (tertiary/aromatic N) is 1. The highest BCUT2D eigenvalue weighted by molar-refractivity contribution is 6.46. The third-order valence-electron chi connectivity index (χ3n) is 5.97. The number of aliphatic hydroxyl groups excluding tert-OH is 1. The summed E-state index contributed by atoms with van der Waals surface area (Å²) in [5.74, 6) is -0.920. The summed E-state index contributed by atoms with van der Waals surface area (Å²) in [5, 5.41) is 13.2. The molecule has 1 unspecified atom stereocenters.